The molecule has 0 saturated heterocycles. The molecule has 0 aliphatic carbocycles. The molecule has 1 rings (SSSR count). The van der Waals surface area contributed by atoms with Crippen molar-refractivity contribution in [2.45, 2.75) is 24.3 Å². The molecule has 0 atom stereocenters. The van der Waals surface area contributed by atoms with Gasteiger partial charge < -0.3 is 5.11 Å². The summed E-state index contributed by atoms with van der Waals surface area (Å²) in [5, 5.41) is 15.3. The summed E-state index contributed by atoms with van der Waals surface area (Å²) >= 11 is 0. The maximum atomic E-state index is 11.5. The lowest BCUT2D eigenvalue weighted by Gasteiger charge is -2.17. The number of H-pyrrole nitrogens is 1. The van der Waals surface area contributed by atoms with Crippen molar-refractivity contribution < 1.29 is 13.5 Å². The van der Waals surface area contributed by atoms with Crippen molar-refractivity contribution >= 4 is 10.0 Å². The van der Waals surface area contributed by atoms with Crippen molar-refractivity contribution in [3.05, 3.63) is 12.4 Å². The van der Waals surface area contributed by atoms with Crippen LogP contribution in [-0.2, 0) is 10.0 Å². The third kappa shape index (κ3) is 3.09. The van der Waals surface area contributed by atoms with E-state index in [1.165, 1.54) is 26.2 Å². The highest BCUT2D eigenvalue weighted by Crippen LogP contribution is 2.06. The summed E-state index contributed by atoms with van der Waals surface area (Å²) in [4.78, 5) is 0.0572. The van der Waals surface area contributed by atoms with Gasteiger partial charge in [-0.05, 0) is 13.8 Å². The Morgan fingerprint density at radius 1 is 1.64 bits per heavy atom. The Labute approximate surface area is 82.4 Å². The Morgan fingerprint density at radius 2 is 2.29 bits per heavy atom. The average Bonchev–Trinajstić information content (AvgIpc) is 2.52. The average molecular weight is 219 g/mol. The summed E-state index contributed by atoms with van der Waals surface area (Å²) in [7, 11) is -3.55. The van der Waals surface area contributed by atoms with Gasteiger partial charge in [-0.25, -0.2) is 13.1 Å². The summed E-state index contributed by atoms with van der Waals surface area (Å²) in [5.41, 5.74) is -1.07. The molecule has 0 bridgehead atoms. The number of nitrogens with one attached hydrogen (secondary N) is 2. The molecule has 0 amide bonds. The van der Waals surface area contributed by atoms with Crippen molar-refractivity contribution in [1.82, 2.24) is 14.9 Å². The van der Waals surface area contributed by atoms with Crippen LogP contribution in [0.15, 0.2) is 17.3 Å². The molecule has 0 saturated carbocycles. The monoisotopic (exact) mass is 219 g/mol. The molecule has 0 spiro atoms. The summed E-state index contributed by atoms with van der Waals surface area (Å²) in [6.07, 6.45) is 2.47. The molecule has 80 valence electrons. The first-order chi connectivity index (χ1) is 6.31. The molecule has 0 unspecified atom stereocenters. The minimum absolute atomic E-state index is 0.0412. The van der Waals surface area contributed by atoms with Crippen LogP contribution >= 0.6 is 0 Å². The van der Waals surface area contributed by atoms with Crippen LogP contribution in [0.2, 0.25) is 0 Å². The second kappa shape index (κ2) is 3.68. The number of nitrogens with zero attached hydrogens (tertiary/aromatic N) is 1. The third-order valence-electron chi connectivity index (χ3n) is 1.48. The van der Waals surface area contributed by atoms with Gasteiger partial charge in [0, 0.05) is 12.7 Å². The fourth-order valence-electron chi connectivity index (χ4n) is 0.741. The Kier molecular flexibility index (Phi) is 2.93. The molecule has 0 aliphatic heterocycles. The van der Waals surface area contributed by atoms with Crippen molar-refractivity contribution in [2.75, 3.05) is 6.54 Å². The topological polar surface area (TPSA) is 95.1 Å². The van der Waals surface area contributed by atoms with E-state index >= 15 is 0 Å². The molecule has 6 nitrogen and oxygen atoms in total. The highest BCUT2D eigenvalue weighted by atomic mass is 32.2. The van der Waals surface area contributed by atoms with Gasteiger partial charge in [-0.15, -0.1) is 0 Å². The number of sulfonamides is 1. The van der Waals surface area contributed by atoms with Gasteiger partial charge in [-0.2, -0.15) is 5.10 Å². The molecule has 7 heteroatoms. The zero-order valence-electron chi connectivity index (χ0n) is 7.98. The SMILES string of the molecule is CC(C)(O)CNS(=O)(=O)c1cn[nH]c1. The van der Waals surface area contributed by atoms with Crippen molar-refractivity contribution in [1.29, 1.82) is 0 Å². The second-order valence-corrected chi connectivity index (χ2v) is 5.34. The lowest BCUT2D eigenvalue weighted by Crippen LogP contribution is -2.38. The minimum atomic E-state index is -3.55. The van der Waals surface area contributed by atoms with Gasteiger partial charge in [-0.3, -0.25) is 5.10 Å². The molecule has 0 fully saturated rings. The quantitative estimate of drug-likeness (QED) is 0.633. The minimum Gasteiger partial charge on any atom is -0.389 e. The molecule has 1 aromatic rings. The molecule has 0 radical (unpaired) electrons. The van der Waals surface area contributed by atoms with Crippen LogP contribution in [0, 0.1) is 0 Å². The summed E-state index contributed by atoms with van der Waals surface area (Å²) in [6, 6.07) is 0. The normalized spacial score (nSPS) is 13.1. The van der Waals surface area contributed by atoms with Crippen molar-refractivity contribution in [2.24, 2.45) is 0 Å². The zero-order chi connectivity index (χ0) is 10.8. The standard InChI is InChI=1S/C7H13N3O3S/c1-7(2,11)5-10-14(12,13)6-3-8-9-4-6/h3-4,10-11H,5H2,1-2H3,(H,8,9). The van der Waals surface area contributed by atoms with Gasteiger partial charge in [0.15, 0.2) is 0 Å². The van der Waals surface area contributed by atoms with E-state index in [0.717, 1.165) is 0 Å². The van der Waals surface area contributed by atoms with E-state index < -0.39 is 15.6 Å². The van der Waals surface area contributed by atoms with Gasteiger partial charge in [0.2, 0.25) is 10.0 Å². The first-order valence-corrected chi connectivity index (χ1v) is 5.50. The van der Waals surface area contributed by atoms with Crippen LogP contribution in [0.25, 0.3) is 0 Å². The van der Waals surface area contributed by atoms with Crippen LogP contribution in [0.5, 0.6) is 0 Å². The second-order valence-electron chi connectivity index (χ2n) is 3.57. The van der Waals surface area contributed by atoms with E-state index in [1.54, 1.807) is 0 Å². The first kappa shape index (κ1) is 11.2. The van der Waals surface area contributed by atoms with E-state index in [4.69, 9.17) is 0 Å². The first-order valence-electron chi connectivity index (χ1n) is 4.02. The van der Waals surface area contributed by atoms with Gasteiger partial charge in [0.05, 0.1) is 11.8 Å². The van der Waals surface area contributed by atoms with E-state index in [-0.39, 0.29) is 11.4 Å². The number of aliphatic hydroxyl groups is 1. The summed E-state index contributed by atoms with van der Waals surface area (Å²) in [6.45, 7) is 3.00. The number of aromatic amines is 1. The smallest absolute Gasteiger partial charge is 0.243 e. The maximum Gasteiger partial charge on any atom is 0.243 e. The number of rotatable bonds is 4. The molecule has 14 heavy (non-hydrogen) atoms. The lowest BCUT2D eigenvalue weighted by molar-refractivity contribution is 0.0857. The fraction of sp³-hybridized carbons (Fsp3) is 0.571. The van der Waals surface area contributed by atoms with Crippen LogP contribution in [0.1, 0.15) is 13.8 Å². The predicted molar refractivity (Wildman–Crippen MR) is 50.1 cm³/mol. The largest absolute Gasteiger partial charge is 0.389 e. The predicted octanol–water partition coefficient (Wildman–Crippen LogP) is -0.541. The molecule has 1 aromatic heterocycles. The molecular formula is C7H13N3O3S. The Balaban J connectivity index is 2.70. The van der Waals surface area contributed by atoms with Crippen LogP contribution in [0.4, 0.5) is 0 Å². The van der Waals surface area contributed by atoms with Gasteiger partial charge in [0.25, 0.3) is 0 Å². The van der Waals surface area contributed by atoms with Crippen molar-refractivity contribution in [3.8, 4) is 0 Å². The van der Waals surface area contributed by atoms with Gasteiger partial charge >= 0.3 is 0 Å². The Hall–Kier alpha value is -0.920. The van der Waals surface area contributed by atoms with Crippen LogP contribution in [-0.4, -0.2) is 35.9 Å². The molecule has 1 heterocycles. The lowest BCUT2D eigenvalue weighted by atomic mass is 10.1. The van der Waals surface area contributed by atoms with E-state index in [1.807, 2.05) is 0 Å². The Bertz CT molecular complexity index is 377. The number of aromatic nitrogens is 2. The number of hydrogen-bond acceptors (Lipinski definition) is 4. The van der Waals surface area contributed by atoms with E-state index in [0.29, 0.717) is 0 Å². The molecular weight excluding hydrogens is 206 g/mol. The molecule has 3 N–H and O–H groups in total. The highest BCUT2D eigenvalue weighted by molar-refractivity contribution is 7.89. The van der Waals surface area contributed by atoms with Crippen molar-refractivity contribution in [3.63, 3.8) is 0 Å². The fourth-order valence-corrected chi connectivity index (χ4v) is 1.85. The zero-order valence-corrected chi connectivity index (χ0v) is 8.80. The molecule has 0 aromatic carbocycles. The van der Waals surface area contributed by atoms with Gasteiger partial charge in [0.1, 0.15) is 4.90 Å². The third-order valence-corrected chi connectivity index (χ3v) is 2.85. The Morgan fingerprint density at radius 3 is 2.71 bits per heavy atom. The highest BCUT2D eigenvalue weighted by Gasteiger charge is 2.20. The summed E-state index contributed by atoms with van der Waals surface area (Å²) < 4.78 is 25.2. The maximum absolute atomic E-state index is 11.5. The van der Waals surface area contributed by atoms with Gasteiger partial charge in [-0.1, -0.05) is 0 Å². The van der Waals surface area contributed by atoms with Crippen LogP contribution < -0.4 is 4.72 Å². The summed E-state index contributed by atoms with van der Waals surface area (Å²) in [5.74, 6) is 0. The van der Waals surface area contributed by atoms with E-state index in [9.17, 15) is 13.5 Å². The number of hydrogen-bond donors (Lipinski definition) is 3. The van der Waals surface area contributed by atoms with E-state index in [2.05, 4.69) is 14.9 Å². The molecule has 0 aliphatic rings. The van der Waals surface area contributed by atoms with Crippen LogP contribution in [0.3, 0.4) is 0 Å².